The zero-order valence-corrected chi connectivity index (χ0v) is 19.4. The third-order valence-corrected chi connectivity index (χ3v) is 7.88. The topological polar surface area (TPSA) is 104 Å². The van der Waals surface area contributed by atoms with Gasteiger partial charge in [0.2, 0.25) is 15.9 Å². The van der Waals surface area contributed by atoms with Crippen LogP contribution in [0.1, 0.15) is 12.8 Å². The highest BCUT2D eigenvalue weighted by Gasteiger charge is 2.39. The molecular weight excluding hydrogens is 452 g/mol. The summed E-state index contributed by atoms with van der Waals surface area (Å²) in [4.78, 5) is 20.9. The lowest BCUT2D eigenvalue weighted by molar-refractivity contribution is -0.119. The van der Waals surface area contributed by atoms with Gasteiger partial charge in [0.1, 0.15) is 17.6 Å². The highest BCUT2D eigenvalue weighted by atomic mass is 32.2. The van der Waals surface area contributed by atoms with E-state index in [1.54, 1.807) is 49.6 Å². The van der Waals surface area contributed by atoms with Crippen molar-refractivity contribution in [3.63, 3.8) is 0 Å². The predicted molar refractivity (Wildman–Crippen MR) is 130 cm³/mol. The van der Waals surface area contributed by atoms with Gasteiger partial charge in [-0.1, -0.05) is 30.3 Å². The van der Waals surface area contributed by atoms with Crippen molar-refractivity contribution in [1.29, 1.82) is 0 Å². The number of hydrogen-bond donors (Lipinski definition) is 2. The van der Waals surface area contributed by atoms with Crippen molar-refractivity contribution in [2.24, 2.45) is 0 Å². The summed E-state index contributed by atoms with van der Waals surface area (Å²) in [6.45, 7) is 0.291. The van der Waals surface area contributed by atoms with Crippen LogP contribution in [0.3, 0.4) is 0 Å². The standard InChI is InChI=1S/C25H24N4O4S/c1-33-19-11-9-18(10-12-19)26-25(30)23-8-5-15-29(23)34(31,32)20-13-14-21-22(16-20)28-24(27-21)17-6-3-2-4-7-17/h2-4,6-7,9-14,16,23H,5,8,15H2,1H3,(H,26,30)(H,27,28)/t23-/m1/s1. The van der Waals surface area contributed by atoms with E-state index >= 15 is 0 Å². The number of fused-ring (bicyclic) bond motifs is 1. The molecule has 9 heteroatoms. The van der Waals surface area contributed by atoms with E-state index in [2.05, 4.69) is 15.3 Å². The highest BCUT2D eigenvalue weighted by molar-refractivity contribution is 7.89. The Kier molecular flexibility index (Phi) is 5.80. The summed E-state index contributed by atoms with van der Waals surface area (Å²) in [6, 6.07) is 20.6. The maximum Gasteiger partial charge on any atom is 0.243 e. The molecule has 1 amide bonds. The van der Waals surface area contributed by atoms with Crippen LogP contribution in [0.4, 0.5) is 5.69 Å². The molecule has 2 N–H and O–H groups in total. The average Bonchev–Trinajstić information content (AvgIpc) is 3.52. The number of hydrogen-bond acceptors (Lipinski definition) is 5. The summed E-state index contributed by atoms with van der Waals surface area (Å²) in [7, 11) is -2.31. The van der Waals surface area contributed by atoms with Gasteiger partial charge in [-0.25, -0.2) is 13.4 Å². The number of aromatic amines is 1. The second kappa shape index (κ2) is 8.92. The third-order valence-electron chi connectivity index (χ3n) is 5.97. The fourth-order valence-electron chi connectivity index (χ4n) is 4.21. The molecule has 0 spiro atoms. The Labute approximate surface area is 197 Å². The molecule has 1 saturated heterocycles. The summed E-state index contributed by atoms with van der Waals surface area (Å²) < 4.78 is 33.4. The number of carbonyl (C=O) groups excluding carboxylic acids is 1. The van der Waals surface area contributed by atoms with E-state index in [9.17, 15) is 13.2 Å². The Morgan fingerprint density at radius 3 is 2.59 bits per heavy atom. The normalized spacial score (nSPS) is 16.6. The van der Waals surface area contributed by atoms with Gasteiger partial charge < -0.3 is 15.0 Å². The van der Waals surface area contributed by atoms with Crippen molar-refractivity contribution >= 4 is 32.7 Å². The van der Waals surface area contributed by atoms with Crippen LogP contribution >= 0.6 is 0 Å². The monoisotopic (exact) mass is 476 g/mol. The van der Waals surface area contributed by atoms with Crippen molar-refractivity contribution in [2.75, 3.05) is 19.0 Å². The van der Waals surface area contributed by atoms with Crippen LogP contribution < -0.4 is 10.1 Å². The molecule has 1 aliphatic heterocycles. The van der Waals surface area contributed by atoms with Crippen LogP contribution in [0.25, 0.3) is 22.4 Å². The van der Waals surface area contributed by atoms with E-state index in [1.807, 2.05) is 30.3 Å². The first-order valence-corrected chi connectivity index (χ1v) is 12.4. The first-order chi connectivity index (χ1) is 16.5. The Hall–Kier alpha value is -3.69. The van der Waals surface area contributed by atoms with Crippen LogP contribution in [0.5, 0.6) is 5.75 Å². The van der Waals surface area contributed by atoms with Gasteiger partial charge in [-0.05, 0) is 55.3 Å². The number of nitrogens with zero attached hydrogens (tertiary/aromatic N) is 2. The van der Waals surface area contributed by atoms with Gasteiger partial charge in [-0.2, -0.15) is 4.31 Å². The van der Waals surface area contributed by atoms with E-state index < -0.39 is 16.1 Å². The molecule has 0 saturated carbocycles. The summed E-state index contributed by atoms with van der Waals surface area (Å²) in [6.07, 6.45) is 1.08. The van der Waals surface area contributed by atoms with Gasteiger partial charge in [0.15, 0.2) is 0 Å². The molecule has 8 nitrogen and oxygen atoms in total. The van der Waals surface area contributed by atoms with E-state index in [4.69, 9.17) is 4.74 Å². The summed E-state index contributed by atoms with van der Waals surface area (Å²) in [5, 5.41) is 2.82. The molecule has 1 atom stereocenters. The number of H-pyrrole nitrogens is 1. The van der Waals surface area contributed by atoms with E-state index in [0.717, 1.165) is 5.56 Å². The number of ether oxygens (including phenoxy) is 1. The van der Waals surface area contributed by atoms with Crippen LogP contribution in [0.2, 0.25) is 0 Å². The lowest BCUT2D eigenvalue weighted by atomic mass is 10.2. The van der Waals surface area contributed by atoms with Gasteiger partial charge in [0.05, 0.1) is 23.0 Å². The zero-order chi connectivity index (χ0) is 23.7. The molecular formula is C25H24N4O4S. The number of nitrogens with one attached hydrogen (secondary N) is 2. The Morgan fingerprint density at radius 2 is 1.85 bits per heavy atom. The number of sulfonamides is 1. The highest BCUT2D eigenvalue weighted by Crippen LogP contribution is 2.29. The lowest BCUT2D eigenvalue weighted by Gasteiger charge is -2.23. The van der Waals surface area contributed by atoms with Crippen molar-refractivity contribution in [2.45, 2.75) is 23.8 Å². The van der Waals surface area contributed by atoms with Crippen molar-refractivity contribution in [3.05, 3.63) is 72.8 Å². The molecule has 0 bridgehead atoms. The first-order valence-electron chi connectivity index (χ1n) is 11.0. The van der Waals surface area contributed by atoms with Crippen LogP contribution in [0, 0.1) is 0 Å². The van der Waals surface area contributed by atoms with Crippen molar-refractivity contribution < 1.29 is 17.9 Å². The van der Waals surface area contributed by atoms with Crippen molar-refractivity contribution in [3.8, 4) is 17.1 Å². The molecule has 5 rings (SSSR count). The van der Waals surface area contributed by atoms with Gasteiger partial charge in [-0.3, -0.25) is 4.79 Å². The Morgan fingerprint density at radius 1 is 1.09 bits per heavy atom. The summed E-state index contributed by atoms with van der Waals surface area (Å²) in [5.41, 5.74) is 2.80. The molecule has 34 heavy (non-hydrogen) atoms. The maximum absolute atomic E-state index is 13.5. The van der Waals surface area contributed by atoms with Crippen LogP contribution in [-0.4, -0.2) is 48.3 Å². The molecule has 2 heterocycles. The zero-order valence-electron chi connectivity index (χ0n) is 18.6. The molecule has 174 valence electrons. The number of anilines is 1. The lowest BCUT2D eigenvalue weighted by Crippen LogP contribution is -2.43. The fraction of sp³-hybridized carbons (Fsp3) is 0.200. The minimum absolute atomic E-state index is 0.132. The quantitative estimate of drug-likeness (QED) is 0.437. The molecule has 1 aliphatic rings. The number of amides is 1. The second-order valence-electron chi connectivity index (χ2n) is 8.12. The number of aromatic nitrogens is 2. The van der Waals surface area contributed by atoms with Crippen LogP contribution in [-0.2, 0) is 14.8 Å². The van der Waals surface area contributed by atoms with Gasteiger partial charge >= 0.3 is 0 Å². The predicted octanol–water partition coefficient (Wildman–Crippen LogP) is 4.03. The molecule has 1 fully saturated rings. The average molecular weight is 477 g/mol. The maximum atomic E-state index is 13.5. The molecule has 0 radical (unpaired) electrons. The third kappa shape index (κ3) is 4.15. The Bertz CT molecular complexity index is 1430. The number of imidazole rings is 1. The molecule has 0 aliphatic carbocycles. The molecule has 0 unspecified atom stereocenters. The van der Waals surface area contributed by atoms with Crippen molar-refractivity contribution in [1.82, 2.24) is 14.3 Å². The number of benzene rings is 3. The number of rotatable bonds is 6. The van der Waals surface area contributed by atoms with Gasteiger partial charge in [0.25, 0.3) is 0 Å². The van der Waals surface area contributed by atoms with Gasteiger partial charge in [-0.15, -0.1) is 0 Å². The van der Waals surface area contributed by atoms with E-state index in [0.29, 0.717) is 47.7 Å². The first kappa shape index (κ1) is 22.1. The smallest absolute Gasteiger partial charge is 0.243 e. The summed E-state index contributed by atoms with van der Waals surface area (Å²) in [5.74, 6) is 0.996. The minimum Gasteiger partial charge on any atom is -0.497 e. The molecule has 4 aromatic rings. The minimum atomic E-state index is -3.88. The second-order valence-corrected chi connectivity index (χ2v) is 10.0. The molecule has 1 aromatic heterocycles. The largest absolute Gasteiger partial charge is 0.497 e. The SMILES string of the molecule is COc1ccc(NC(=O)[C@H]2CCCN2S(=O)(=O)c2ccc3nc(-c4ccccc4)[nH]c3c2)cc1. The van der Waals surface area contributed by atoms with Gasteiger partial charge in [0, 0.05) is 17.8 Å². The molecule has 3 aromatic carbocycles. The van der Waals surface area contributed by atoms with E-state index in [-0.39, 0.29) is 10.8 Å². The Balaban J connectivity index is 1.39. The fourth-order valence-corrected chi connectivity index (χ4v) is 5.89. The van der Waals surface area contributed by atoms with Crippen LogP contribution in [0.15, 0.2) is 77.7 Å². The number of carbonyl (C=O) groups is 1. The van der Waals surface area contributed by atoms with E-state index in [1.165, 1.54) is 4.31 Å². The number of methoxy groups -OCH3 is 1. The summed E-state index contributed by atoms with van der Waals surface area (Å²) >= 11 is 0.